The molecule has 2 heterocycles. The SMILES string of the molecule is Nc1ncccc1C(=O)NCCCCCCCCCCCCn1nnc2ccccc21. The first kappa shape index (κ1) is 22.7. The number of hydrogen-bond acceptors (Lipinski definition) is 5. The molecule has 0 atom stereocenters. The summed E-state index contributed by atoms with van der Waals surface area (Å²) in [5.74, 6) is 0.148. The Morgan fingerprint density at radius 1 is 0.871 bits per heavy atom. The van der Waals surface area contributed by atoms with Gasteiger partial charge in [-0.1, -0.05) is 68.7 Å². The highest BCUT2D eigenvalue weighted by atomic mass is 16.1. The maximum Gasteiger partial charge on any atom is 0.255 e. The second kappa shape index (κ2) is 12.7. The summed E-state index contributed by atoms with van der Waals surface area (Å²) < 4.78 is 2.02. The first-order valence-corrected chi connectivity index (χ1v) is 11.5. The lowest BCUT2D eigenvalue weighted by atomic mass is 10.1. The molecule has 0 saturated carbocycles. The van der Waals surface area contributed by atoms with Crippen LogP contribution >= 0.6 is 0 Å². The van der Waals surface area contributed by atoms with Crippen LogP contribution in [0.5, 0.6) is 0 Å². The molecule has 0 spiro atoms. The van der Waals surface area contributed by atoms with Crippen molar-refractivity contribution >= 4 is 22.8 Å². The molecule has 0 aliphatic rings. The zero-order valence-corrected chi connectivity index (χ0v) is 18.3. The Hall–Kier alpha value is -2.96. The molecule has 166 valence electrons. The molecule has 3 rings (SSSR count). The Morgan fingerprint density at radius 2 is 1.55 bits per heavy atom. The molecule has 2 aromatic heterocycles. The molecule has 3 aromatic rings. The van der Waals surface area contributed by atoms with Gasteiger partial charge in [0.2, 0.25) is 0 Å². The maximum absolute atomic E-state index is 12.0. The fourth-order valence-corrected chi connectivity index (χ4v) is 3.79. The summed E-state index contributed by atoms with van der Waals surface area (Å²) in [5.41, 5.74) is 8.28. The number of rotatable bonds is 14. The minimum Gasteiger partial charge on any atom is -0.383 e. The van der Waals surface area contributed by atoms with Gasteiger partial charge < -0.3 is 11.1 Å². The van der Waals surface area contributed by atoms with Crippen LogP contribution in [0.25, 0.3) is 11.0 Å². The van der Waals surface area contributed by atoms with Gasteiger partial charge in [-0.15, -0.1) is 5.10 Å². The molecule has 0 aliphatic heterocycles. The number of unbranched alkanes of at least 4 members (excludes halogenated alkanes) is 9. The molecule has 3 N–H and O–H groups in total. The summed E-state index contributed by atoms with van der Waals surface area (Å²) >= 11 is 0. The quantitative estimate of drug-likeness (QED) is 0.366. The lowest BCUT2D eigenvalue weighted by molar-refractivity contribution is 0.0953. The van der Waals surface area contributed by atoms with Gasteiger partial charge in [-0.2, -0.15) is 0 Å². The highest BCUT2D eigenvalue weighted by Gasteiger charge is 2.08. The Balaban J connectivity index is 1.12. The fraction of sp³-hybridized carbons (Fsp3) is 0.500. The van der Waals surface area contributed by atoms with Crippen LogP contribution in [0.15, 0.2) is 42.6 Å². The molecule has 0 unspecified atom stereocenters. The van der Waals surface area contributed by atoms with Gasteiger partial charge in [-0.05, 0) is 37.1 Å². The molecule has 0 aliphatic carbocycles. The molecule has 0 bridgehead atoms. The van der Waals surface area contributed by atoms with Crippen LogP contribution in [-0.4, -0.2) is 32.4 Å². The number of aromatic nitrogens is 4. The Bertz CT molecular complexity index is 938. The summed E-state index contributed by atoms with van der Waals surface area (Å²) in [6, 6.07) is 11.6. The number of para-hydroxylation sites is 1. The first-order valence-electron chi connectivity index (χ1n) is 11.5. The zero-order chi connectivity index (χ0) is 21.7. The number of nitrogen functional groups attached to an aromatic ring is 1. The van der Waals surface area contributed by atoms with E-state index in [2.05, 4.69) is 26.7 Å². The van der Waals surface area contributed by atoms with E-state index in [9.17, 15) is 4.79 Å². The largest absolute Gasteiger partial charge is 0.383 e. The van der Waals surface area contributed by atoms with Crippen LogP contribution < -0.4 is 11.1 Å². The van der Waals surface area contributed by atoms with Gasteiger partial charge in [0.25, 0.3) is 5.91 Å². The van der Waals surface area contributed by atoms with Gasteiger partial charge in [0.05, 0.1) is 11.1 Å². The van der Waals surface area contributed by atoms with E-state index in [1.165, 1.54) is 44.9 Å². The van der Waals surface area contributed by atoms with Gasteiger partial charge in [-0.25, -0.2) is 9.67 Å². The molecule has 31 heavy (non-hydrogen) atoms. The third-order valence-corrected chi connectivity index (χ3v) is 5.59. The summed E-state index contributed by atoms with van der Waals surface area (Å²) in [5, 5.41) is 11.4. The van der Waals surface area contributed by atoms with Crippen molar-refractivity contribution in [2.24, 2.45) is 0 Å². The fourth-order valence-electron chi connectivity index (χ4n) is 3.79. The van der Waals surface area contributed by atoms with Crippen LogP contribution in [-0.2, 0) is 6.54 Å². The lowest BCUT2D eigenvalue weighted by Crippen LogP contribution is -2.25. The van der Waals surface area contributed by atoms with Crippen molar-refractivity contribution in [1.82, 2.24) is 25.3 Å². The summed E-state index contributed by atoms with van der Waals surface area (Å²) in [7, 11) is 0. The molecule has 0 saturated heterocycles. The molecule has 7 heteroatoms. The van der Waals surface area contributed by atoms with E-state index in [-0.39, 0.29) is 11.7 Å². The van der Waals surface area contributed by atoms with E-state index in [1.54, 1.807) is 18.3 Å². The maximum atomic E-state index is 12.0. The van der Waals surface area contributed by atoms with E-state index in [1.807, 2.05) is 22.9 Å². The van der Waals surface area contributed by atoms with Crippen molar-refractivity contribution in [1.29, 1.82) is 0 Å². The van der Waals surface area contributed by atoms with Crippen molar-refractivity contribution in [3.8, 4) is 0 Å². The van der Waals surface area contributed by atoms with Gasteiger partial charge in [0, 0.05) is 19.3 Å². The minimum atomic E-state index is -0.136. The van der Waals surface area contributed by atoms with Crippen molar-refractivity contribution in [3.05, 3.63) is 48.2 Å². The van der Waals surface area contributed by atoms with E-state index < -0.39 is 0 Å². The molecule has 7 nitrogen and oxygen atoms in total. The van der Waals surface area contributed by atoms with E-state index in [4.69, 9.17) is 5.73 Å². The van der Waals surface area contributed by atoms with E-state index in [0.29, 0.717) is 12.1 Å². The minimum absolute atomic E-state index is 0.136. The summed E-state index contributed by atoms with van der Waals surface area (Å²) in [6.45, 7) is 1.64. The number of benzene rings is 1. The Kier molecular flexibility index (Phi) is 9.29. The molecule has 0 fully saturated rings. The predicted molar refractivity (Wildman–Crippen MR) is 125 cm³/mol. The molecule has 1 amide bonds. The first-order chi connectivity index (χ1) is 15.3. The molecule has 0 radical (unpaired) electrons. The van der Waals surface area contributed by atoms with Crippen LogP contribution in [0.4, 0.5) is 5.82 Å². The van der Waals surface area contributed by atoms with Crippen molar-refractivity contribution in [2.45, 2.75) is 70.8 Å². The van der Waals surface area contributed by atoms with Crippen LogP contribution in [0.2, 0.25) is 0 Å². The number of hydrogen-bond donors (Lipinski definition) is 2. The second-order valence-electron chi connectivity index (χ2n) is 8.03. The molecule has 1 aromatic carbocycles. The monoisotopic (exact) mass is 422 g/mol. The summed E-state index contributed by atoms with van der Waals surface area (Å²) in [6.07, 6.45) is 13.8. The standard InChI is InChI=1S/C24H34N6O/c25-23-20(14-13-18-26-23)24(31)27-17-11-7-5-3-1-2-4-6-8-12-19-30-22-16-10-9-15-21(22)28-29-30/h9-10,13-16,18H,1-8,11-12,17,19H2,(H2,25,26)(H,27,31). The average molecular weight is 423 g/mol. The van der Waals surface area contributed by atoms with Gasteiger partial charge in [-0.3, -0.25) is 4.79 Å². The number of fused-ring (bicyclic) bond motifs is 1. The number of amides is 1. The zero-order valence-electron chi connectivity index (χ0n) is 18.3. The van der Waals surface area contributed by atoms with E-state index in [0.717, 1.165) is 36.8 Å². The van der Waals surface area contributed by atoms with E-state index >= 15 is 0 Å². The number of pyridine rings is 1. The third-order valence-electron chi connectivity index (χ3n) is 5.59. The van der Waals surface area contributed by atoms with Crippen LogP contribution in [0.3, 0.4) is 0 Å². The van der Waals surface area contributed by atoms with Crippen molar-refractivity contribution < 1.29 is 4.79 Å². The Morgan fingerprint density at radius 3 is 2.29 bits per heavy atom. The Labute approximate surface area is 184 Å². The highest BCUT2D eigenvalue weighted by molar-refractivity contribution is 5.98. The lowest BCUT2D eigenvalue weighted by Gasteiger charge is -2.07. The van der Waals surface area contributed by atoms with Crippen LogP contribution in [0, 0.1) is 0 Å². The van der Waals surface area contributed by atoms with Gasteiger partial charge in [0.15, 0.2) is 0 Å². The van der Waals surface area contributed by atoms with Crippen molar-refractivity contribution in [3.63, 3.8) is 0 Å². The number of nitrogens with one attached hydrogen (secondary N) is 1. The smallest absolute Gasteiger partial charge is 0.255 e. The van der Waals surface area contributed by atoms with Gasteiger partial charge >= 0.3 is 0 Å². The number of nitrogens with two attached hydrogens (primary N) is 1. The topological polar surface area (TPSA) is 98.7 Å². The normalized spacial score (nSPS) is 11.1. The van der Waals surface area contributed by atoms with Crippen LogP contribution in [0.1, 0.15) is 74.6 Å². The molecular weight excluding hydrogens is 388 g/mol. The number of nitrogens with zero attached hydrogens (tertiary/aromatic N) is 4. The number of aryl methyl sites for hydroxylation is 1. The van der Waals surface area contributed by atoms with Crippen molar-refractivity contribution in [2.75, 3.05) is 12.3 Å². The third kappa shape index (κ3) is 7.35. The van der Waals surface area contributed by atoms with Gasteiger partial charge in [0.1, 0.15) is 11.3 Å². The number of carbonyl (C=O) groups excluding carboxylic acids is 1. The predicted octanol–water partition coefficient (Wildman–Crippen LogP) is 4.74. The molecular formula is C24H34N6O. The number of anilines is 1. The second-order valence-corrected chi connectivity index (χ2v) is 8.03. The number of carbonyl (C=O) groups is 1. The highest BCUT2D eigenvalue weighted by Crippen LogP contribution is 2.13. The average Bonchev–Trinajstić information content (AvgIpc) is 3.20. The summed E-state index contributed by atoms with van der Waals surface area (Å²) in [4.78, 5) is 16.0.